The molecular formula is C13H16N2O4. The summed E-state index contributed by atoms with van der Waals surface area (Å²) in [5.41, 5.74) is 8.02. The Bertz CT molecular complexity index is 449. The summed E-state index contributed by atoms with van der Waals surface area (Å²) in [5, 5.41) is 0. The van der Waals surface area contributed by atoms with E-state index in [4.69, 9.17) is 19.7 Å². The lowest BCUT2D eigenvalue weighted by atomic mass is 9.95. The number of hydrogen-bond acceptors (Lipinski definition) is 4. The summed E-state index contributed by atoms with van der Waals surface area (Å²) in [4.78, 5) is 14.2. The Hall–Kier alpha value is -2.01. The number of ether oxygens (including phenoxy) is 3. The van der Waals surface area contributed by atoms with Crippen molar-refractivity contribution in [1.29, 1.82) is 0 Å². The van der Waals surface area contributed by atoms with E-state index in [-0.39, 0.29) is 13.2 Å². The SMILES string of the molecule is COCC(COC)(OC(=O)C=[N+]=[N-])c1ccccc1. The van der Waals surface area contributed by atoms with Crippen molar-refractivity contribution in [1.82, 2.24) is 0 Å². The van der Waals surface area contributed by atoms with Crippen LogP contribution in [-0.4, -0.2) is 44.4 Å². The molecule has 6 nitrogen and oxygen atoms in total. The molecule has 0 aliphatic heterocycles. The largest absolute Gasteiger partial charge is 0.441 e. The van der Waals surface area contributed by atoms with Crippen LogP contribution in [0.15, 0.2) is 30.3 Å². The third kappa shape index (κ3) is 3.99. The second kappa shape index (κ2) is 7.43. The van der Waals surface area contributed by atoms with Crippen LogP contribution in [0.3, 0.4) is 0 Å². The Labute approximate surface area is 111 Å². The number of hydrogen-bond donors (Lipinski definition) is 0. The summed E-state index contributed by atoms with van der Waals surface area (Å²) in [7, 11) is 3.00. The predicted octanol–water partition coefficient (Wildman–Crippen LogP) is 1.02. The molecule has 1 aromatic carbocycles. The molecule has 102 valence electrons. The van der Waals surface area contributed by atoms with Crippen molar-refractivity contribution in [3.8, 4) is 0 Å². The lowest BCUT2D eigenvalue weighted by Gasteiger charge is -2.31. The first-order chi connectivity index (χ1) is 9.18. The predicted molar refractivity (Wildman–Crippen MR) is 67.6 cm³/mol. The monoisotopic (exact) mass is 264 g/mol. The summed E-state index contributed by atoms with van der Waals surface area (Å²) >= 11 is 0. The summed E-state index contributed by atoms with van der Waals surface area (Å²) in [6.45, 7) is 0.242. The second-order valence-electron chi connectivity index (χ2n) is 3.89. The molecule has 0 bridgehead atoms. The zero-order valence-electron chi connectivity index (χ0n) is 10.9. The zero-order valence-corrected chi connectivity index (χ0v) is 10.9. The van der Waals surface area contributed by atoms with Crippen LogP contribution in [0, 0.1) is 0 Å². The number of esters is 1. The Morgan fingerprint density at radius 1 is 1.26 bits per heavy atom. The van der Waals surface area contributed by atoms with Gasteiger partial charge in [-0.1, -0.05) is 30.3 Å². The molecule has 0 spiro atoms. The summed E-state index contributed by atoms with van der Waals surface area (Å²) < 4.78 is 15.6. The normalized spacial score (nSPS) is 10.6. The topological polar surface area (TPSA) is 81.2 Å². The van der Waals surface area contributed by atoms with Gasteiger partial charge in [0.2, 0.25) is 0 Å². The van der Waals surface area contributed by atoms with Crippen molar-refractivity contribution in [3.63, 3.8) is 0 Å². The van der Waals surface area contributed by atoms with E-state index in [1.165, 1.54) is 14.2 Å². The summed E-state index contributed by atoms with van der Waals surface area (Å²) in [6, 6.07) is 9.11. The minimum absolute atomic E-state index is 0.121. The van der Waals surface area contributed by atoms with Crippen LogP contribution in [0.2, 0.25) is 0 Å². The van der Waals surface area contributed by atoms with Crippen molar-refractivity contribution >= 4 is 12.2 Å². The van der Waals surface area contributed by atoms with E-state index in [0.717, 1.165) is 5.56 Å². The molecule has 0 aromatic heterocycles. The summed E-state index contributed by atoms with van der Waals surface area (Å²) in [6.07, 6.45) is 0.684. The molecule has 1 rings (SSSR count). The van der Waals surface area contributed by atoms with E-state index in [2.05, 4.69) is 4.79 Å². The molecule has 0 heterocycles. The second-order valence-corrected chi connectivity index (χ2v) is 3.89. The van der Waals surface area contributed by atoms with Crippen LogP contribution in [0.4, 0.5) is 0 Å². The molecular weight excluding hydrogens is 248 g/mol. The average Bonchev–Trinajstić information content (AvgIpc) is 2.40. The molecule has 0 saturated carbocycles. The van der Waals surface area contributed by atoms with Gasteiger partial charge in [0.15, 0.2) is 5.60 Å². The third-order valence-corrected chi connectivity index (χ3v) is 2.51. The number of methoxy groups -OCH3 is 2. The van der Waals surface area contributed by atoms with Gasteiger partial charge in [0, 0.05) is 19.8 Å². The van der Waals surface area contributed by atoms with Crippen molar-refractivity contribution in [2.75, 3.05) is 27.4 Å². The maximum Gasteiger partial charge on any atom is 0.414 e. The molecule has 1 aromatic rings. The Morgan fingerprint density at radius 2 is 1.84 bits per heavy atom. The smallest absolute Gasteiger partial charge is 0.414 e. The highest BCUT2D eigenvalue weighted by Gasteiger charge is 2.37. The van der Waals surface area contributed by atoms with Crippen LogP contribution >= 0.6 is 0 Å². The van der Waals surface area contributed by atoms with E-state index in [9.17, 15) is 4.79 Å². The number of carbonyl (C=O) groups excluding carboxylic acids is 1. The molecule has 0 amide bonds. The maximum atomic E-state index is 11.5. The standard InChI is InChI=1S/C13H16N2O4/c1-17-9-13(10-18-2,19-12(16)8-15-14)11-6-4-3-5-7-11/h3-8H,9-10H2,1-2H3. The molecule has 0 radical (unpaired) electrons. The number of nitrogens with zero attached hydrogens (tertiary/aromatic N) is 2. The van der Waals surface area contributed by atoms with Crippen LogP contribution in [0.5, 0.6) is 0 Å². The van der Waals surface area contributed by atoms with Crippen LogP contribution in [-0.2, 0) is 24.6 Å². The van der Waals surface area contributed by atoms with Crippen LogP contribution in [0.25, 0.3) is 5.53 Å². The first-order valence-corrected chi connectivity index (χ1v) is 5.62. The van der Waals surface area contributed by atoms with Gasteiger partial charge in [-0.3, -0.25) is 0 Å². The van der Waals surface area contributed by atoms with Gasteiger partial charge in [0.25, 0.3) is 0 Å². The number of carbonyl (C=O) groups is 1. The highest BCUT2D eigenvalue weighted by Crippen LogP contribution is 2.26. The van der Waals surface area contributed by atoms with Gasteiger partial charge in [-0.15, -0.1) is 0 Å². The molecule has 0 unspecified atom stereocenters. The van der Waals surface area contributed by atoms with Gasteiger partial charge in [-0.2, -0.15) is 4.79 Å². The third-order valence-electron chi connectivity index (χ3n) is 2.51. The first-order valence-electron chi connectivity index (χ1n) is 5.62. The highest BCUT2D eigenvalue weighted by molar-refractivity contribution is 6.20. The molecule has 0 atom stereocenters. The van der Waals surface area contributed by atoms with Crippen molar-refractivity contribution in [3.05, 3.63) is 41.4 Å². The van der Waals surface area contributed by atoms with Gasteiger partial charge in [-0.05, 0) is 0 Å². The lowest BCUT2D eigenvalue weighted by molar-refractivity contribution is -0.170. The fraction of sp³-hybridized carbons (Fsp3) is 0.385. The van der Waals surface area contributed by atoms with E-state index in [1.807, 2.05) is 18.2 Å². The van der Waals surface area contributed by atoms with Crippen molar-refractivity contribution in [2.24, 2.45) is 0 Å². The van der Waals surface area contributed by atoms with Gasteiger partial charge in [-0.25, -0.2) is 4.79 Å². The molecule has 0 aliphatic carbocycles. The molecule has 0 fully saturated rings. The quantitative estimate of drug-likeness (QED) is 0.318. The molecule has 0 saturated heterocycles. The Balaban J connectivity index is 3.13. The Kier molecular flexibility index (Phi) is 5.89. The fourth-order valence-corrected chi connectivity index (χ4v) is 1.80. The fourth-order valence-electron chi connectivity index (χ4n) is 1.80. The van der Waals surface area contributed by atoms with Crippen molar-refractivity contribution in [2.45, 2.75) is 5.60 Å². The highest BCUT2D eigenvalue weighted by atomic mass is 16.6. The van der Waals surface area contributed by atoms with Crippen molar-refractivity contribution < 1.29 is 23.8 Å². The van der Waals surface area contributed by atoms with Gasteiger partial charge >= 0.3 is 12.2 Å². The molecule has 0 N–H and O–H groups in total. The Morgan fingerprint density at radius 3 is 2.32 bits per heavy atom. The van der Waals surface area contributed by atoms with E-state index < -0.39 is 11.6 Å². The number of rotatable bonds is 7. The van der Waals surface area contributed by atoms with E-state index in [1.54, 1.807) is 12.1 Å². The van der Waals surface area contributed by atoms with Gasteiger partial charge in [0.1, 0.15) is 0 Å². The lowest BCUT2D eigenvalue weighted by Crippen LogP contribution is -2.41. The number of benzene rings is 1. The van der Waals surface area contributed by atoms with Crippen LogP contribution in [0.1, 0.15) is 5.56 Å². The zero-order chi connectivity index (χ0) is 14.1. The maximum absolute atomic E-state index is 11.5. The summed E-state index contributed by atoms with van der Waals surface area (Å²) in [5.74, 6) is -0.777. The molecule has 6 heteroatoms. The minimum atomic E-state index is -1.08. The first kappa shape index (κ1) is 15.0. The molecule has 0 aliphatic rings. The van der Waals surface area contributed by atoms with Crippen LogP contribution < -0.4 is 0 Å². The van der Waals surface area contributed by atoms with E-state index in [0.29, 0.717) is 6.21 Å². The molecule has 19 heavy (non-hydrogen) atoms. The minimum Gasteiger partial charge on any atom is -0.441 e. The van der Waals surface area contributed by atoms with Gasteiger partial charge in [0.05, 0.1) is 13.2 Å². The van der Waals surface area contributed by atoms with E-state index >= 15 is 0 Å². The van der Waals surface area contributed by atoms with Gasteiger partial charge < -0.3 is 19.7 Å². The average molecular weight is 264 g/mol.